The van der Waals surface area contributed by atoms with Crippen molar-refractivity contribution in [1.29, 1.82) is 0 Å². The predicted molar refractivity (Wildman–Crippen MR) is 106 cm³/mol. The number of aromatic nitrogens is 1. The Labute approximate surface area is 174 Å². The molecule has 3 heterocycles. The maximum atomic E-state index is 12.4. The predicted octanol–water partition coefficient (Wildman–Crippen LogP) is 4.02. The lowest BCUT2D eigenvalue weighted by atomic mass is 9.87. The van der Waals surface area contributed by atoms with Gasteiger partial charge in [0.15, 0.2) is 0 Å². The van der Waals surface area contributed by atoms with E-state index in [1.165, 1.54) is 17.7 Å². The van der Waals surface area contributed by atoms with Crippen LogP contribution in [0.5, 0.6) is 5.75 Å². The summed E-state index contributed by atoms with van der Waals surface area (Å²) in [6.07, 6.45) is 1.21. The number of halogens is 3. The summed E-state index contributed by atoms with van der Waals surface area (Å²) in [5.41, 5.74) is 2.06. The second-order valence-electron chi connectivity index (χ2n) is 7.90. The van der Waals surface area contributed by atoms with Gasteiger partial charge in [0.25, 0.3) is 0 Å². The molecule has 0 radical (unpaired) electrons. The van der Waals surface area contributed by atoms with Gasteiger partial charge >= 0.3 is 6.36 Å². The molecule has 4 rings (SSSR count). The molecule has 2 fully saturated rings. The summed E-state index contributed by atoms with van der Waals surface area (Å²) in [6.45, 7) is 3.36. The minimum atomic E-state index is -4.67. The molecule has 0 saturated carbocycles. The average molecular weight is 421 g/mol. The maximum Gasteiger partial charge on any atom is 0.573 e. The first kappa shape index (κ1) is 21.1. The number of likely N-dealkylation sites (tertiary alicyclic amines) is 2. The molecule has 0 bridgehead atoms. The van der Waals surface area contributed by atoms with Gasteiger partial charge in [-0.05, 0) is 61.3 Å². The highest BCUT2D eigenvalue weighted by molar-refractivity contribution is 5.28. The summed E-state index contributed by atoms with van der Waals surface area (Å²) < 4.78 is 47.0. The summed E-state index contributed by atoms with van der Waals surface area (Å²) in [7, 11) is 1.76. The van der Waals surface area contributed by atoms with E-state index in [2.05, 4.69) is 19.5 Å². The van der Waals surface area contributed by atoms with E-state index in [0.29, 0.717) is 12.6 Å². The maximum absolute atomic E-state index is 12.4. The molecule has 0 N–H and O–H groups in total. The molecule has 162 valence electrons. The zero-order valence-electron chi connectivity index (χ0n) is 16.9. The van der Waals surface area contributed by atoms with E-state index in [0.717, 1.165) is 38.0 Å². The Balaban J connectivity index is 1.33. The fourth-order valence-electron chi connectivity index (χ4n) is 4.55. The highest BCUT2D eigenvalue weighted by Crippen LogP contribution is 2.39. The van der Waals surface area contributed by atoms with Crippen molar-refractivity contribution in [2.24, 2.45) is 0 Å². The van der Waals surface area contributed by atoms with Gasteiger partial charge in [0.1, 0.15) is 5.75 Å². The zero-order chi connectivity index (χ0) is 21.1. The standard InChI is InChI=1S/C22H26F3N3O2/c1-29-20-15-28(21(20)17-5-9-26-10-6-17)18-7-11-27(12-8-18)14-16-3-2-4-19(13-16)30-22(23,24)25/h2-6,9-10,13,18,20-21H,7-8,11-12,14-15H2,1H3/t20-,21-/m0/s1. The molecule has 1 aromatic heterocycles. The number of hydrogen-bond acceptors (Lipinski definition) is 5. The number of rotatable bonds is 6. The number of piperidine rings is 1. The fraction of sp³-hybridized carbons (Fsp3) is 0.500. The Morgan fingerprint density at radius 2 is 1.83 bits per heavy atom. The van der Waals surface area contributed by atoms with Gasteiger partial charge in [0.05, 0.1) is 12.1 Å². The van der Waals surface area contributed by atoms with Crippen molar-refractivity contribution in [2.75, 3.05) is 26.7 Å². The lowest BCUT2D eigenvalue weighted by molar-refractivity contribution is -0.274. The number of pyridine rings is 1. The molecule has 1 aromatic carbocycles. The van der Waals surface area contributed by atoms with Crippen molar-refractivity contribution in [3.05, 3.63) is 59.9 Å². The van der Waals surface area contributed by atoms with E-state index in [-0.39, 0.29) is 17.9 Å². The Kier molecular flexibility index (Phi) is 6.26. The fourth-order valence-corrected chi connectivity index (χ4v) is 4.55. The molecular weight excluding hydrogens is 395 g/mol. The molecule has 8 heteroatoms. The first-order valence-corrected chi connectivity index (χ1v) is 10.2. The highest BCUT2D eigenvalue weighted by Gasteiger charge is 2.44. The molecule has 30 heavy (non-hydrogen) atoms. The smallest absolute Gasteiger partial charge is 0.406 e. The van der Waals surface area contributed by atoms with Crippen LogP contribution in [0.15, 0.2) is 48.8 Å². The largest absolute Gasteiger partial charge is 0.573 e. The summed E-state index contributed by atoms with van der Waals surface area (Å²) in [5.74, 6) is -0.165. The van der Waals surface area contributed by atoms with Crippen LogP contribution in [0, 0.1) is 0 Å². The van der Waals surface area contributed by atoms with Gasteiger partial charge in [-0.25, -0.2) is 0 Å². The van der Waals surface area contributed by atoms with Crippen molar-refractivity contribution >= 4 is 0 Å². The topological polar surface area (TPSA) is 37.8 Å². The number of hydrogen-bond donors (Lipinski definition) is 0. The van der Waals surface area contributed by atoms with Crippen molar-refractivity contribution in [3.8, 4) is 5.75 Å². The second kappa shape index (κ2) is 8.91. The van der Waals surface area contributed by atoms with Gasteiger partial charge in [-0.1, -0.05) is 12.1 Å². The normalized spacial score (nSPS) is 23.9. The van der Waals surface area contributed by atoms with E-state index in [9.17, 15) is 13.2 Å². The molecule has 5 nitrogen and oxygen atoms in total. The van der Waals surface area contributed by atoms with Gasteiger partial charge in [-0.15, -0.1) is 13.2 Å². The summed E-state index contributed by atoms with van der Waals surface area (Å²) >= 11 is 0. The van der Waals surface area contributed by atoms with E-state index < -0.39 is 6.36 Å². The van der Waals surface area contributed by atoms with E-state index >= 15 is 0 Å². The third-order valence-electron chi connectivity index (χ3n) is 6.01. The molecule has 2 aliphatic heterocycles. The van der Waals surface area contributed by atoms with Gasteiger partial charge < -0.3 is 9.47 Å². The van der Waals surface area contributed by atoms with Crippen LogP contribution in [-0.2, 0) is 11.3 Å². The summed E-state index contributed by atoms with van der Waals surface area (Å²) in [6, 6.07) is 11.1. The summed E-state index contributed by atoms with van der Waals surface area (Å²) in [5, 5.41) is 0. The van der Waals surface area contributed by atoms with Crippen LogP contribution in [-0.4, -0.2) is 60.0 Å². The van der Waals surface area contributed by atoms with Gasteiger partial charge in [-0.3, -0.25) is 14.8 Å². The van der Waals surface area contributed by atoms with Gasteiger partial charge in [0.2, 0.25) is 0 Å². The van der Waals surface area contributed by atoms with Crippen LogP contribution in [0.4, 0.5) is 13.2 Å². The van der Waals surface area contributed by atoms with Gasteiger partial charge in [-0.2, -0.15) is 0 Å². The molecule has 0 aliphatic carbocycles. The Bertz CT molecular complexity index is 826. The Morgan fingerprint density at radius 1 is 1.10 bits per heavy atom. The molecule has 2 aliphatic rings. The van der Waals surface area contributed by atoms with E-state index in [1.54, 1.807) is 13.2 Å². The minimum Gasteiger partial charge on any atom is -0.406 e. The number of alkyl halides is 3. The van der Waals surface area contributed by atoms with Crippen LogP contribution >= 0.6 is 0 Å². The monoisotopic (exact) mass is 421 g/mol. The van der Waals surface area contributed by atoms with Crippen LogP contribution < -0.4 is 4.74 Å². The lowest BCUT2D eigenvalue weighted by Crippen LogP contribution is -2.60. The first-order valence-electron chi connectivity index (χ1n) is 10.2. The molecule has 0 spiro atoms. The molecule has 2 atom stereocenters. The highest BCUT2D eigenvalue weighted by atomic mass is 19.4. The molecule has 2 aromatic rings. The number of benzene rings is 1. The van der Waals surface area contributed by atoms with E-state index in [1.807, 2.05) is 30.6 Å². The number of nitrogens with zero attached hydrogens (tertiary/aromatic N) is 3. The first-order chi connectivity index (χ1) is 14.4. The SMILES string of the molecule is CO[C@H]1CN(C2CCN(Cc3cccc(OC(F)(F)F)c3)CC2)[C@H]1c1ccncc1. The van der Waals surface area contributed by atoms with Crippen LogP contribution in [0.3, 0.4) is 0 Å². The average Bonchev–Trinajstić information content (AvgIpc) is 2.69. The van der Waals surface area contributed by atoms with Crippen LogP contribution in [0.25, 0.3) is 0 Å². The Hall–Kier alpha value is -2.16. The van der Waals surface area contributed by atoms with Crippen molar-refractivity contribution in [1.82, 2.24) is 14.8 Å². The van der Waals surface area contributed by atoms with Crippen LogP contribution in [0.2, 0.25) is 0 Å². The molecule has 2 saturated heterocycles. The van der Waals surface area contributed by atoms with Crippen molar-refractivity contribution in [2.45, 2.75) is 43.9 Å². The lowest BCUT2D eigenvalue weighted by Gasteiger charge is -2.53. The van der Waals surface area contributed by atoms with Gasteiger partial charge in [0, 0.05) is 38.6 Å². The summed E-state index contributed by atoms with van der Waals surface area (Å²) in [4.78, 5) is 8.92. The zero-order valence-corrected chi connectivity index (χ0v) is 16.9. The third-order valence-corrected chi connectivity index (χ3v) is 6.01. The number of ether oxygens (including phenoxy) is 2. The second-order valence-corrected chi connectivity index (χ2v) is 7.90. The van der Waals surface area contributed by atoms with Crippen molar-refractivity contribution in [3.63, 3.8) is 0 Å². The molecular formula is C22H26F3N3O2. The molecule has 0 amide bonds. The van der Waals surface area contributed by atoms with Crippen molar-refractivity contribution < 1.29 is 22.6 Å². The Morgan fingerprint density at radius 3 is 2.50 bits per heavy atom. The van der Waals surface area contributed by atoms with E-state index in [4.69, 9.17) is 4.74 Å². The van der Waals surface area contributed by atoms with Crippen LogP contribution in [0.1, 0.15) is 30.0 Å². The third kappa shape index (κ3) is 4.94. The minimum absolute atomic E-state index is 0.165. The molecule has 0 unspecified atom stereocenters. The quantitative estimate of drug-likeness (QED) is 0.705. The number of methoxy groups -OCH3 is 1.